The molecule has 2 rings (SSSR count). The molecule has 0 aliphatic rings. The van der Waals surface area contributed by atoms with Gasteiger partial charge in [-0.05, 0) is 24.1 Å². The molecule has 0 saturated heterocycles. The zero-order valence-electron chi connectivity index (χ0n) is 9.75. The van der Waals surface area contributed by atoms with Gasteiger partial charge in [-0.3, -0.25) is 0 Å². The molecule has 0 fully saturated rings. The molecule has 0 atom stereocenters. The highest BCUT2D eigenvalue weighted by Gasteiger charge is 2.19. The average molecular weight is 266 g/mol. The van der Waals surface area contributed by atoms with Gasteiger partial charge in [-0.25, -0.2) is 8.42 Å². The maximum atomic E-state index is 12.3. The topological polar surface area (TPSA) is 34.1 Å². The molecule has 90 valence electrons. The van der Waals surface area contributed by atoms with E-state index in [-0.39, 0.29) is 0 Å². The quantitative estimate of drug-likeness (QED) is 0.848. The van der Waals surface area contributed by atoms with Gasteiger partial charge in [0.15, 0.2) is 0 Å². The minimum Gasteiger partial charge on any atom is -0.218 e. The van der Waals surface area contributed by atoms with E-state index in [2.05, 4.69) is 13.8 Å². The van der Waals surface area contributed by atoms with E-state index in [0.717, 1.165) is 4.88 Å². The Morgan fingerprint density at radius 1 is 1.06 bits per heavy atom. The van der Waals surface area contributed by atoms with Crippen LogP contribution in [0.25, 0.3) is 0 Å². The molecule has 17 heavy (non-hydrogen) atoms. The Labute approximate surface area is 106 Å². The summed E-state index contributed by atoms with van der Waals surface area (Å²) in [4.78, 5) is 1.85. The zero-order valence-corrected chi connectivity index (χ0v) is 11.4. The number of hydrogen-bond acceptors (Lipinski definition) is 3. The lowest BCUT2D eigenvalue weighted by Crippen LogP contribution is -1.99. The van der Waals surface area contributed by atoms with Crippen LogP contribution in [0.1, 0.15) is 24.6 Å². The lowest BCUT2D eigenvalue weighted by atomic mass is 10.2. The third-order valence-electron chi connectivity index (χ3n) is 2.53. The van der Waals surface area contributed by atoms with Crippen molar-refractivity contribution < 1.29 is 8.42 Å². The standard InChI is InChI=1S/C13H14O2S2/c1-10(2)13-8-12(9-16-13)17(14,15)11-6-4-3-5-7-11/h3-10H,1-2H3. The molecule has 1 aromatic carbocycles. The van der Waals surface area contributed by atoms with Gasteiger partial charge in [0.05, 0.1) is 9.79 Å². The Morgan fingerprint density at radius 3 is 2.24 bits per heavy atom. The second kappa shape index (κ2) is 4.63. The Morgan fingerprint density at radius 2 is 1.71 bits per heavy atom. The Hall–Kier alpha value is -1.13. The Kier molecular flexibility index (Phi) is 3.35. The molecule has 0 radical (unpaired) electrons. The Bertz CT molecular complexity index is 595. The predicted molar refractivity (Wildman–Crippen MR) is 70.3 cm³/mol. The maximum absolute atomic E-state index is 12.3. The second-order valence-corrected chi connectivity index (χ2v) is 7.05. The van der Waals surface area contributed by atoms with Crippen molar-refractivity contribution >= 4 is 21.2 Å². The van der Waals surface area contributed by atoms with Crippen LogP contribution in [0.5, 0.6) is 0 Å². The van der Waals surface area contributed by atoms with Crippen LogP contribution in [0.15, 0.2) is 51.6 Å². The first-order chi connectivity index (χ1) is 8.01. The van der Waals surface area contributed by atoms with E-state index in [0.29, 0.717) is 15.7 Å². The normalized spacial score (nSPS) is 11.9. The van der Waals surface area contributed by atoms with Crippen LogP contribution < -0.4 is 0 Å². The molecule has 1 aromatic heterocycles. The molecule has 2 nitrogen and oxygen atoms in total. The molecule has 1 heterocycles. The third kappa shape index (κ3) is 2.42. The van der Waals surface area contributed by atoms with E-state index in [1.807, 2.05) is 6.07 Å². The van der Waals surface area contributed by atoms with E-state index in [9.17, 15) is 8.42 Å². The molecule has 0 spiro atoms. The summed E-state index contributed by atoms with van der Waals surface area (Å²) in [6.45, 7) is 4.12. The first-order valence-corrected chi connectivity index (χ1v) is 7.76. The second-order valence-electron chi connectivity index (χ2n) is 4.16. The lowest BCUT2D eigenvalue weighted by molar-refractivity contribution is 0.596. The number of thiophene rings is 1. The smallest absolute Gasteiger partial charge is 0.207 e. The van der Waals surface area contributed by atoms with E-state index >= 15 is 0 Å². The van der Waals surface area contributed by atoms with Crippen LogP contribution in [-0.4, -0.2) is 8.42 Å². The molecule has 0 aliphatic carbocycles. The van der Waals surface area contributed by atoms with E-state index < -0.39 is 9.84 Å². The molecular formula is C13H14O2S2. The fraction of sp³-hybridized carbons (Fsp3) is 0.231. The SMILES string of the molecule is CC(C)c1cc(S(=O)(=O)c2ccccc2)cs1. The van der Waals surface area contributed by atoms with Gasteiger partial charge in [-0.15, -0.1) is 11.3 Å². The van der Waals surface area contributed by atoms with Gasteiger partial charge in [0.1, 0.15) is 0 Å². The molecule has 2 aromatic rings. The Balaban J connectivity index is 2.46. The summed E-state index contributed by atoms with van der Waals surface area (Å²) < 4.78 is 24.6. The fourth-order valence-corrected chi connectivity index (χ4v) is 4.10. The van der Waals surface area contributed by atoms with Gasteiger partial charge in [0, 0.05) is 10.3 Å². The van der Waals surface area contributed by atoms with Gasteiger partial charge in [0.25, 0.3) is 0 Å². The van der Waals surface area contributed by atoms with Gasteiger partial charge >= 0.3 is 0 Å². The van der Waals surface area contributed by atoms with Crippen molar-refractivity contribution in [2.45, 2.75) is 29.6 Å². The van der Waals surface area contributed by atoms with Crippen molar-refractivity contribution in [2.75, 3.05) is 0 Å². The van der Waals surface area contributed by atoms with Crippen LogP contribution in [0.4, 0.5) is 0 Å². The van der Waals surface area contributed by atoms with Crippen LogP contribution >= 0.6 is 11.3 Å². The molecule has 4 heteroatoms. The maximum Gasteiger partial charge on any atom is 0.207 e. The van der Waals surface area contributed by atoms with Crippen LogP contribution in [0.2, 0.25) is 0 Å². The lowest BCUT2D eigenvalue weighted by Gasteiger charge is -2.01. The number of rotatable bonds is 3. The highest BCUT2D eigenvalue weighted by Crippen LogP contribution is 2.29. The highest BCUT2D eigenvalue weighted by molar-refractivity contribution is 7.91. The van der Waals surface area contributed by atoms with Crippen molar-refractivity contribution in [3.05, 3.63) is 46.7 Å². The minimum absolute atomic E-state index is 0.355. The van der Waals surface area contributed by atoms with Crippen molar-refractivity contribution in [1.82, 2.24) is 0 Å². The minimum atomic E-state index is -3.34. The van der Waals surface area contributed by atoms with Crippen molar-refractivity contribution in [3.8, 4) is 0 Å². The highest BCUT2D eigenvalue weighted by atomic mass is 32.2. The van der Waals surface area contributed by atoms with Crippen molar-refractivity contribution in [2.24, 2.45) is 0 Å². The van der Waals surface area contributed by atoms with Crippen LogP contribution in [0.3, 0.4) is 0 Å². The molecule has 0 aliphatic heterocycles. The van der Waals surface area contributed by atoms with Crippen molar-refractivity contribution in [1.29, 1.82) is 0 Å². The summed E-state index contributed by atoms with van der Waals surface area (Å²) in [6, 6.07) is 10.3. The summed E-state index contributed by atoms with van der Waals surface area (Å²) in [6.07, 6.45) is 0. The number of benzene rings is 1. The molecule has 0 N–H and O–H groups in total. The summed E-state index contributed by atoms with van der Waals surface area (Å²) >= 11 is 1.50. The number of hydrogen-bond donors (Lipinski definition) is 0. The van der Waals surface area contributed by atoms with Crippen molar-refractivity contribution in [3.63, 3.8) is 0 Å². The summed E-state index contributed by atoms with van der Waals surface area (Å²) in [7, 11) is -3.34. The molecule has 0 bridgehead atoms. The van der Waals surface area contributed by atoms with Crippen LogP contribution in [-0.2, 0) is 9.84 Å². The monoisotopic (exact) mass is 266 g/mol. The largest absolute Gasteiger partial charge is 0.218 e. The fourth-order valence-electron chi connectivity index (χ4n) is 1.51. The molecule has 0 unspecified atom stereocenters. The van der Waals surface area contributed by atoms with E-state index in [1.165, 1.54) is 11.3 Å². The summed E-state index contributed by atoms with van der Waals surface area (Å²) in [5, 5.41) is 1.72. The third-order valence-corrected chi connectivity index (χ3v) is 5.66. The first-order valence-electron chi connectivity index (χ1n) is 5.40. The zero-order chi connectivity index (χ0) is 12.5. The summed E-state index contributed by atoms with van der Waals surface area (Å²) in [5.74, 6) is 0.361. The number of sulfone groups is 1. The summed E-state index contributed by atoms with van der Waals surface area (Å²) in [5.41, 5.74) is 0. The predicted octanol–water partition coefficient (Wildman–Crippen LogP) is 3.70. The van der Waals surface area contributed by atoms with Gasteiger partial charge < -0.3 is 0 Å². The average Bonchev–Trinajstić information content (AvgIpc) is 2.80. The van der Waals surface area contributed by atoms with Crippen LogP contribution in [0, 0.1) is 0 Å². The van der Waals surface area contributed by atoms with E-state index in [1.54, 1.807) is 35.7 Å². The van der Waals surface area contributed by atoms with Gasteiger partial charge in [-0.1, -0.05) is 32.0 Å². The van der Waals surface area contributed by atoms with Gasteiger partial charge in [0.2, 0.25) is 9.84 Å². The molecule has 0 amide bonds. The molecule has 0 saturated carbocycles. The van der Waals surface area contributed by atoms with E-state index in [4.69, 9.17) is 0 Å². The first kappa shape index (κ1) is 12.3. The van der Waals surface area contributed by atoms with Gasteiger partial charge in [-0.2, -0.15) is 0 Å². The molecular weight excluding hydrogens is 252 g/mol.